The minimum atomic E-state index is -1.41. The van der Waals surface area contributed by atoms with Crippen LogP contribution in [-0.2, 0) is 19.1 Å². The number of hydrogen-bond donors (Lipinski definition) is 0. The second kappa shape index (κ2) is 7.17. The van der Waals surface area contributed by atoms with Gasteiger partial charge in [-0.1, -0.05) is 23.7 Å². The predicted octanol–water partition coefficient (Wildman–Crippen LogP) is 4.30. The van der Waals surface area contributed by atoms with E-state index in [0.29, 0.717) is 5.02 Å². The van der Waals surface area contributed by atoms with Crippen LogP contribution in [0.15, 0.2) is 54.3 Å². The summed E-state index contributed by atoms with van der Waals surface area (Å²) in [4.78, 5) is 37.6. The largest absolute Gasteiger partial charge is 0.430 e. The Morgan fingerprint density at radius 2 is 1.88 bits per heavy atom. The second-order valence-corrected chi connectivity index (χ2v) is 7.01. The Balaban J connectivity index is 1.74. The van der Waals surface area contributed by atoms with Gasteiger partial charge in [0.2, 0.25) is 0 Å². The van der Waals surface area contributed by atoms with E-state index in [1.165, 1.54) is 30.4 Å². The number of ketones is 2. The molecular formula is C19H13ClO4S. The Morgan fingerprint density at radius 1 is 1.16 bits per heavy atom. The van der Waals surface area contributed by atoms with Gasteiger partial charge in [0.25, 0.3) is 0 Å². The first kappa shape index (κ1) is 17.3. The summed E-state index contributed by atoms with van der Waals surface area (Å²) >= 11 is 7.37. The van der Waals surface area contributed by atoms with Crippen molar-refractivity contribution >= 4 is 46.5 Å². The number of esters is 1. The number of carbonyl (C=O) groups excluding carboxylic acids is 3. The van der Waals surface area contributed by atoms with E-state index in [0.717, 1.165) is 15.3 Å². The number of rotatable bonds is 4. The molecule has 0 bridgehead atoms. The first-order valence-electron chi connectivity index (χ1n) is 7.45. The van der Waals surface area contributed by atoms with Crippen molar-refractivity contribution in [3.8, 4) is 10.4 Å². The van der Waals surface area contributed by atoms with Gasteiger partial charge >= 0.3 is 5.97 Å². The van der Waals surface area contributed by atoms with E-state index in [1.54, 1.807) is 6.08 Å². The molecule has 6 heteroatoms. The van der Waals surface area contributed by atoms with Crippen LogP contribution in [0.25, 0.3) is 16.5 Å². The first-order chi connectivity index (χ1) is 11.9. The third kappa shape index (κ3) is 3.95. The molecule has 0 N–H and O–H groups in total. The molecule has 0 radical (unpaired) electrons. The molecule has 1 aromatic carbocycles. The lowest BCUT2D eigenvalue weighted by atomic mass is 9.96. The molecule has 0 saturated carbocycles. The molecule has 2 aromatic rings. The summed E-state index contributed by atoms with van der Waals surface area (Å²) in [6, 6.07) is 11.3. The minimum Gasteiger partial charge on any atom is -0.430 e. The lowest BCUT2D eigenvalue weighted by molar-refractivity contribution is -0.151. The Hall–Kier alpha value is -2.50. The van der Waals surface area contributed by atoms with Crippen molar-refractivity contribution in [1.82, 2.24) is 0 Å². The topological polar surface area (TPSA) is 60.4 Å². The van der Waals surface area contributed by atoms with Crippen LogP contribution in [0.3, 0.4) is 0 Å². The molecule has 0 saturated heterocycles. The van der Waals surface area contributed by atoms with Crippen molar-refractivity contribution in [1.29, 1.82) is 0 Å². The van der Waals surface area contributed by atoms with Gasteiger partial charge < -0.3 is 4.74 Å². The van der Waals surface area contributed by atoms with E-state index >= 15 is 0 Å². The van der Waals surface area contributed by atoms with Crippen LogP contribution in [-0.4, -0.2) is 17.5 Å². The highest BCUT2D eigenvalue weighted by molar-refractivity contribution is 7.16. The van der Waals surface area contributed by atoms with E-state index in [2.05, 4.69) is 0 Å². The molecule has 1 aliphatic heterocycles. The van der Waals surface area contributed by atoms with Gasteiger partial charge in [-0.3, -0.25) is 14.4 Å². The smallest absolute Gasteiger partial charge is 0.329 e. The molecular weight excluding hydrogens is 360 g/mol. The van der Waals surface area contributed by atoms with Crippen LogP contribution in [0.1, 0.15) is 11.8 Å². The van der Waals surface area contributed by atoms with E-state index in [4.69, 9.17) is 16.3 Å². The van der Waals surface area contributed by atoms with Gasteiger partial charge in [-0.2, -0.15) is 0 Å². The number of allylic oxidation sites excluding steroid dienone is 3. The fourth-order valence-corrected chi connectivity index (χ4v) is 3.42. The number of hydrogen-bond acceptors (Lipinski definition) is 5. The van der Waals surface area contributed by atoms with Gasteiger partial charge in [-0.15, -0.1) is 11.3 Å². The fraction of sp³-hybridized carbons (Fsp3) is 0.105. The highest BCUT2D eigenvalue weighted by Gasteiger charge is 2.36. The molecule has 4 nitrogen and oxygen atoms in total. The molecule has 0 fully saturated rings. The van der Waals surface area contributed by atoms with Crippen molar-refractivity contribution in [2.24, 2.45) is 5.92 Å². The number of benzene rings is 1. The van der Waals surface area contributed by atoms with E-state index in [9.17, 15) is 14.4 Å². The van der Waals surface area contributed by atoms with Crippen LogP contribution in [0.5, 0.6) is 0 Å². The molecule has 0 aliphatic carbocycles. The van der Waals surface area contributed by atoms with Crippen LogP contribution >= 0.6 is 22.9 Å². The number of halogens is 1. The summed E-state index contributed by atoms with van der Waals surface area (Å²) in [5.74, 6) is -3.16. The normalized spacial score (nSPS) is 17.5. The Kier molecular flexibility index (Phi) is 4.97. The average Bonchev–Trinajstić information content (AvgIpc) is 3.01. The average molecular weight is 373 g/mol. The Labute approximate surface area is 153 Å². The standard InChI is InChI=1S/C19H13ClO4S/c1-11-10-16(22)18(19(23)24-11)15(21)8-6-14-7-9-17(25-14)12-2-4-13(20)5-3-12/h2-10,18H,1H3. The van der Waals surface area contributed by atoms with Crippen molar-refractivity contribution in [3.63, 3.8) is 0 Å². The highest BCUT2D eigenvalue weighted by Crippen LogP contribution is 2.29. The highest BCUT2D eigenvalue weighted by atomic mass is 35.5. The second-order valence-electron chi connectivity index (χ2n) is 5.46. The fourth-order valence-electron chi connectivity index (χ4n) is 2.38. The number of cyclic esters (lactones) is 1. The first-order valence-corrected chi connectivity index (χ1v) is 8.65. The quantitative estimate of drug-likeness (QED) is 0.456. The summed E-state index contributed by atoms with van der Waals surface area (Å²) in [5, 5.41) is 0.666. The summed E-state index contributed by atoms with van der Waals surface area (Å²) in [7, 11) is 0. The molecule has 2 heterocycles. The zero-order valence-corrected chi connectivity index (χ0v) is 14.8. The third-order valence-electron chi connectivity index (χ3n) is 3.58. The third-order valence-corrected chi connectivity index (χ3v) is 4.93. The van der Waals surface area contributed by atoms with Gasteiger partial charge in [-0.05, 0) is 48.9 Å². The van der Waals surface area contributed by atoms with E-state index in [1.807, 2.05) is 36.4 Å². The van der Waals surface area contributed by atoms with Crippen molar-refractivity contribution in [2.45, 2.75) is 6.92 Å². The maximum atomic E-state index is 12.2. The summed E-state index contributed by atoms with van der Waals surface area (Å²) < 4.78 is 4.85. The van der Waals surface area contributed by atoms with E-state index < -0.39 is 23.5 Å². The molecule has 1 aliphatic rings. The van der Waals surface area contributed by atoms with Crippen molar-refractivity contribution < 1.29 is 19.1 Å². The van der Waals surface area contributed by atoms with Gasteiger partial charge in [0.05, 0.1) is 0 Å². The zero-order chi connectivity index (χ0) is 18.0. The van der Waals surface area contributed by atoms with Gasteiger partial charge in [0, 0.05) is 20.9 Å². The molecule has 0 amide bonds. The number of carbonyl (C=O) groups is 3. The monoisotopic (exact) mass is 372 g/mol. The molecule has 25 heavy (non-hydrogen) atoms. The van der Waals surface area contributed by atoms with Crippen LogP contribution < -0.4 is 0 Å². The summed E-state index contributed by atoms with van der Waals surface area (Å²) in [5.41, 5.74) is 1.02. The molecule has 126 valence electrons. The number of thiophene rings is 1. The maximum Gasteiger partial charge on any atom is 0.329 e. The minimum absolute atomic E-state index is 0.203. The van der Waals surface area contributed by atoms with Crippen molar-refractivity contribution in [3.05, 3.63) is 64.2 Å². The number of ether oxygens (including phenoxy) is 1. The Bertz CT molecular complexity index is 906. The van der Waals surface area contributed by atoms with Crippen LogP contribution in [0.2, 0.25) is 5.02 Å². The molecule has 0 spiro atoms. The molecule has 3 rings (SSSR count). The molecule has 1 unspecified atom stereocenters. The predicted molar refractivity (Wildman–Crippen MR) is 97.2 cm³/mol. The maximum absolute atomic E-state index is 12.2. The van der Waals surface area contributed by atoms with Crippen LogP contribution in [0, 0.1) is 5.92 Å². The lowest BCUT2D eigenvalue weighted by Gasteiger charge is -2.15. The van der Waals surface area contributed by atoms with Gasteiger partial charge in [0.1, 0.15) is 5.76 Å². The summed E-state index contributed by atoms with van der Waals surface area (Å²) in [6.07, 6.45) is 4.01. The molecule has 1 atom stereocenters. The van der Waals surface area contributed by atoms with Crippen LogP contribution in [0.4, 0.5) is 0 Å². The van der Waals surface area contributed by atoms with Gasteiger partial charge in [-0.25, -0.2) is 0 Å². The van der Waals surface area contributed by atoms with Crippen molar-refractivity contribution in [2.75, 3.05) is 0 Å². The SMILES string of the molecule is CC1=CC(=O)C(C(=O)C=Cc2ccc(-c3ccc(Cl)cc3)s2)C(=O)O1. The van der Waals surface area contributed by atoms with E-state index in [-0.39, 0.29) is 5.76 Å². The Morgan fingerprint density at radius 3 is 2.56 bits per heavy atom. The summed E-state index contributed by atoms with van der Waals surface area (Å²) in [6.45, 7) is 1.50. The zero-order valence-electron chi connectivity index (χ0n) is 13.2. The van der Waals surface area contributed by atoms with Gasteiger partial charge in [0.15, 0.2) is 17.5 Å². The molecule has 1 aromatic heterocycles. The lowest BCUT2D eigenvalue weighted by Crippen LogP contribution is -2.34.